The second kappa shape index (κ2) is 11.7. The molecule has 9 aromatic rings. The van der Waals surface area contributed by atoms with Crippen molar-refractivity contribution in [2.45, 2.75) is 0 Å². The van der Waals surface area contributed by atoms with Gasteiger partial charge in [0.25, 0.3) is 0 Å². The van der Waals surface area contributed by atoms with E-state index in [0.717, 1.165) is 38.4 Å². The maximum absolute atomic E-state index is 5.18. The fourth-order valence-electron chi connectivity index (χ4n) is 6.64. The molecule has 0 atom stereocenters. The summed E-state index contributed by atoms with van der Waals surface area (Å²) < 4.78 is 0. The standard InChI is InChI=1S/C45H29N3/c1-3-11-30(12-4-1)36-24-22-33-18-10-20-40(42(33)28-36)45-47-43(34-14-5-2-6-15-34)46-44(48-45)38-26-23-32-17-9-19-39(41(32)29-38)37-25-21-31-13-7-8-16-35(31)27-37/h1-29H. The van der Waals surface area contributed by atoms with Gasteiger partial charge in [0, 0.05) is 16.7 Å². The van der Waals surface area contributed by atoms with Crippen LogP contribution in [0.3, 0.4) is 0 Å². The average molecular weight is 612 g/mol. The van der Waals surface area contributed by atoms with Crippen molar-refractivity contribution < 1.29 is 0 Å². The Hall–Kier alpha value is -6.45. The van der Waals surface area contributed by atoms with Gasteiger partial charge in [-0.05, 0) is 72.8 Å². The van der Waals surface area contributed by atoms with Crippen LogP contribution in [0, 0.1) is 0 Å². The minimum Gasteiger partial charge on any atom is -0.208 e. The Balaban J connectivity index is 1.24. The third kappa shape index (κ3) is 5.08. The molecule has 224 valence electrons. The Morgan fingerprint density at radius 2 is 0.750 bits per heavy atom. The predicted molar refractivity (Wildman–Crippen MR) is 200 cm³/mol. The van der Waals surface area contributed by atoms with Crippen molar-refractivity contribution >= 4 is 32.3 Å². The summed E-state index contributed by atoms with van der Waals surface area (Å²) in [5, 5.41) is 7.03. The zero-order valence-corrected chi connectivity index (χ0v) is 26.1. The molecule has 0 amide bonds. The SMILES string of the molecule is c1ccc(-c2ccc3cccc(-c4nc(-c5ccccc5)nc(-c5ccc6cccc(-c7ccc8ccccc8c7)c6c5)n4)c3c2)cc1. The minimum absolute atomic E-state index is 0.644. The van der Waals surface area contributed by atoms with Crippen LogP contribution in [0.4, 0.5) is 0 Å². The molecule has 0 aliphatic rings. The van der Waals surface area contributed by atoms with E-state index in [1.54, 1.807) is 0 Å². The number of rotatable bonds is 5. The van der Waals surface area contributed by atoms with E-state index in [4.69, 9.17) is 15.0 Å². The van der Waals surface area contributed by atoms with E-state index in [1.807, 2.05) is 24.3 Å². The van der Waals surface area contributed by atoms with Crippen molar-refractivity contribution in [1.82, 2.24) is 15.0 Å². The molecule has 9 rings (SSSR count). The van der Waals surface area contributed by atoms with E-state index < -0.39 is 0 Å². The van der Waals surface area contributed by atoms with Crippen molar-refractivity contribution in [2.24, 2.45) is 0 Å². The molecule has 1 aromatic heterocycles. The van der Waals surface area contributed by atoms with Gasteiger partial charge in [0.05, 0.1) is 0 Å². The number of benzene rings is 8. The maximum atomic E-state index is 5.18. The van der Waals surface area contributed by atoms with E-state index in [-0.39, 0.29) is 0 Å². The minimum atomic E-state index is 0.644. The van der Waals surface area contributed by atoms with Crippen LogP contribution >= 0.6 is 0 Å². The molecule has 0 saturated heterocycles. The van der Waals surface area contributed by atoms with E-state index >= 15 is 0 Å². The Morgan fingerprint density at radius 3 is 1.50 bits per heavy atom. The first-order chi connectivity index (χ1) is 23.8. The van der Waals surface area contributed by atoms with E-state index in [0.29, 0.717) is 17.5 Å². The Kier molecular flexibility index (Phi) is 6.80. The average Bonchev–Trinajstić information content (AvgIpc) is 3.17. The molecule has 3 heteroatoms. The molecule has 8 aromatic carbocycles. The second-order valence-electron chi connectivity index (χ2n) is 12.1. The van der Waals surface area contributed by atoms with Gasteiger partial charge in [-0.15, -0.1) is 0 Å². The van der Waals surface area contributed by atoms with Gasteiger partial charge in [-0.3, -0.25) is 0 Å². The topological polar surface area (TPSA) is 38.7 Å². The van der Waals surface area contributed by atoms with Gasteiger partial charge in [-0.2, -0.15) is 0 Å². The monoisotopic (exact) mass is 611 g/mol. The molecular weight excluding hydrogens is 583 g/mol. The third-order valence-electron chi connectivity index (χ3n) is 9.10. The lowest BCUT2D eigenvalue weighted by Crippen LogP contribution is -2.00. The summed E-state index contributed by atoms with van der Waals surface area (Å²) in [5.74, 6) is 1.94. The highest BCUT2D eigenvalue weighted by Crippen LogP contribution is 2.36. The zero-order chi connectivity index (χ0) is 31.9. The first-order valence-electron chi connectivity index (χ1n) is 16.2. The normalized spacial score (nSPS) is 11.3. The van der Waals surface area contributed by atoms with Gasteiger partial charge in [-0.1, -0.05) is 158 Å². The molecule has 3 nitrogen and oxygen atoms in total. The van der Waals surface area contributed by atoms with Gasteiger partial charge in [0.1, 0.15) is 0 Å². The molecular formula is C45H29N3. The molecule has 0 aliphatic carbocycles. The van der Waals surface area contributed by atoms with Crippen LogP contribution < -0.4 is 0 Å². The Labute approximate surface area is 278 Å². The van der Waals surface area contributed by atoms with Crippen LogP contribution in [0.2, 0.25) is 0 Å². The maximum Gasteiger partial charge on any atom is 0.164 e. The molecule has 0 saturated carbocycles. The van der Waals surface area contributed by atoms with Gasteiger partial charge < -0.3 is 0 Å². The summed E-state index contributed by atoms with van der Waals surface area (Å²) in [4.78, 5) is 15.3. The molecule has 1 heterocycles. The Morgan fingerprint density at radius 1 is 0.250 bits per heavy atom. The molecule has 0 fully saturated rings. The van der Waals surface area contributed by atoms with Crippen molar-refractivity contribution in [3.05, 3.63) is 176 Å². The lowest BCUT2D eigenvalue weighted by molar-refractivity contribution is 1.08. The molecule has 0 unspecified atom stereocenters. The fourth-order valence-corrected chi connectivity index (χ4v) is 6.64. The van der Waals surface area contributed by atoms with Crippen LogP contribution in [0.25, 0.3) is 88.7 Å². The van der Waals surface area contributed by atoms with Crippen LogP contribution in [-0.2, 0) is 0 Å². The van der Waals surface area contributed by atoms with Crippen molar-refractivity contribution in [2.75, 3.05) is 0 Å². The van der Waals surface area contributed by atoms with Crippen LogP contribution in [0.1, 0.15) is 0 Å². The summed E-state index contributed by atoms with van der Waals surface area (Å²) >= 11 is 0. The van der Waals surface area contributed by atoms with Gasteiger partial charge in [0.2, 0.25) is 0 Å². The number of fused-ring (bicyclic) bond motifs is 3. The lowest BCUT2D eigenvalue weighted by atomic mass is 9.95. The first-order valence-corrected chi connectivity index (χ1v) is 16.2. The molecule has 0 N–H and O–H groups in total. The second-order valence-corrected chi connectivity index (χ2v) is 12.1. The van der Waals surface area contributed by atoms with Crippen LogP contribution in [0.5, 0.6) is 0 Å². The largest absolute Gasteiger partial charge is 0.208 e. The summed E-state index contributed by atoms with van der Waals surface area (Å²) in [6, 6.07) is 61.8. The Bertz CT molecular complexity index is 2610. The van der Waals surface area contributed by atoms with Gasteiger partial charge in [0.15, 0.2) is 17.5 Å². The highest BCUT2D eigenvalue weighted by atomic mass is 15.0. The summed E-state index contributed by atoms with van der Waals surface area (Å²) in [6.07, 6.45) is 0. The van der Waals surface area contributed by atoms with Crippen molar-refractivity contribution in [1.29, 1.82) is 0 Å². The van der Waals surface area contributed by atoms with Crippen LogP contribution in [-0.4, -0.2) is 15.0 Å². The number of aromatic nitrogens is 3. The van der Waals surface area contributed by atoms with Crippen molar-refractivity contribution in [3.63, 3.8) is 0 Å². The van der Waals surface area contributed by atoms with Crippen molar-refractivity contribution in [3.8, 4) is 56.4 Å². The molecule has 48 heavy (non-hydrogen) atoms. The fraction of sp³-hybridized carbons (Fsp3) is 0. The predicted octanol–water partition coefficient (Wildman–Crippen LogP) is 11.7. The van der Waals surface area contributed by atoms with Gasteiger partial charge in [-0.25, -0.2) is 15.0 Å². The van der Waals surface area contributed by atoms with E-state index in [9.17, 15) is 0 Å². The summed E-state index contributed by atoms with van der Waals surface area (Å²) in [7, 11) is 0. The lowest BCUT2D eigenvalue weighted by Gasteiger charge is -2.13. The quantitative estimate of drug-likeness (QED) is 0.194. The number of hydrogen-bond acceptors (Lipinski definition) is 3. The number of hydrogen-bond donors (Lipinski definition) is 0. The van der Waals surface area contributed by atoms with Gasteiger partial charge >= 0.3 is 0 Å². The summed E-state index contributed by atoms with van der Waals surface area (Å²) in [5.41, 5.74) is 7.57. The molecule has 0 bridgehead atoms. The molecule has 0 spiro atoms. The highest BCUT2D eigenvalue weighted by Gasteiger charge is 2.16. The van der Waals surface area contributed by atoms with Crippen LogP contribution in [0.15, 0.2) is 176 Å². The molecule has 0 radical (unpaired) electrons. The highest BCUT2D eigenvalue weighted by molar-refractivity contribution is 6.01. The smallest absolute Gasteiger partial charge is 0.164 e. The summed E-state index contributed by atoms with van der Waals surface area (Å²) in [6.45, 7) is 0. The van der Waals surface area contributed by atoms with E-state index in [1.165, 1.54) is 32.8 Å². The van der Waals surface area contributed by atoms with E-state index in [2.05, 4.69) is 152 Å². The molecule has 0 aliphatic heterocycles. The zero-order valence-electron chi connectivity index (χ0n) is 26.1. The third-order valence-corrected chi connectivity index (χ3v) is 9.10. The number of nitrogens with zero attached hydrogens (tertiary/aromatic N) is 3. The first kappa shape index (κ1) is 27.8.